The maximum atomic E-state index is 13.6. The van der Waals surface area contributed by atoms with Gasteiger partial charge in [0.25, 0.3) is 0 Å². The zero-order valence-corrected chi connectivity index (χ0v) is 13.6. The van der Waals surface area contributed by atoms with Crippen molar-refractivity contribution in [3.05, 3.63) is 65.5 Å². The van der Waals surface area contributed by atoms with Crippen molar-refractivity contribution in [2.24, 2.45) is 0 Å². The number of halogens is 1. The first kappa shape index (κ1) is 17.0. The van der Waals surface area contributed by atoms with Crippen LogP contribution in [0, 0.1) is 5.82 Å². The van der Waals surface area contributed by atoms with E-state index < -0.39 is 0 Å². The third-order valence-corrected chi connectivity index (χ3v) is 3.67. The molecule has 0 heterocycles. The number of nitrogens with zero attached hydrogens (tertiary/aromatic N) is 1. The molecule has 0 aliphatic rings. The van der Waals surface area contributed by atoms with Crippen molar-refractivity contribution in [1.29, 1.82) is 0 Å². The van der Waals surface area contributed by atoms with Gasteiger partial charge >= 0.3 is 0 Å². The zero-order valence-electron chi connectivity index (χ0n) is 13.6. The summed E-state index contributed by atoms with van der Waals surface area (Å²) < 4.78 is 19.2. The van der Waals surface area contributed by atoms with E-state index in [1.807, 2.05) is 31.2 Å². The lowest BCUT2D eigenvalue weighted by Gasteiger charge is -2.18. The van der Waals surface area contributed by atoms with E-state index in [9.17, 15) is 9.18 Å². The van der Waals surface area contributed by atoms with Crippen LogP contribution >= 0.6 is 0 Å². The highest BCUT2D eigenvalue weighted by atomic mass is 19.1. The molecule has 0 radical (unpaired) electrons. The largest absolute Gasteiger partial charge is 0.494 e. The quantitative estimate of drug-likeness (QED) is 0.777. The number of aryl methyl sites for hydroxylation is 1. The van der Waals surface area contributed by atoms with Gasteiger partial charge < -0.3 is 9.64 Å². The van der Waals surface area contributed by atoms with Gasteiger partial charge in [-0.05, 0) is 31.0 Å². The summed E-state index contributed by atoms with van der Waals surface area (Å²) in [5.41, 5.74) is 1.54. The number of para-hydroxylation sites is 1. The highest BCUT2D eigenvalue weighted by Crippen LogP contribution is 2.20. The lowest BCUT2D eigenvalue weighted by molar-refractivity contribution is -0.130. The lowest BCUT2D eigenvalue weighted by atomic mass is 10.1. The van der Waals surface area contributed by atoms with Gasteiger partial charge in [-0.3, -0.25) is 4.79 Å². The second-order valence-corrected chi connectivity index (χ2v) is 5.38. The number of amides is 1. The van der Waals surface area contributed by atoms with Crippen LogP contribution in [-0.4, -0.2) is 24.5 Å². The summed E-state index contributed by atoms with van der Waals surface area (Å²) in [6, 6.07) is 14.3. The maximum absolute atomic E-state index is 13.6. The highest BCUT2D eigenvalue weighted by molar-refractivity contribution is 5.76. The van der Waals surface area contributed by atoms with Crippen molar-refractivity contribution >= 4 is 5.91 Å². The second kappa shape index (κ2) is 8.32. The molecule has 0 aromatic heterocycles. The molecular weight excluding hydrogens is 293 g/mol. The molecule has 4 heteroatoms. The van der Waals surface area contributed by atoms with Crippen LogP contribution < -0.4 is 4.74 Å². The molecule has 2 aromatic rings. The highest BCUT2D eigenvalue weighted by Gasteiger charge is 2.13. The monoisotopic (exact) mass is 315 g/mol. The Kier molecular flexibility index (Phi) is 6.15. The minimum Gasteiger partial charge on any atom is -0.494 e. The fraction of sp³-hybridized carbons (Fsp3) is 0.316. The summed E-state index contributed by atoms with van der Waals surface area (Å²) in [7, 11) is 1.70. The van der Waals surface area contributed by atoms with Gasteiger partial charge in [0, 0.05) is 25.6 Å². The van der Waals surface area contributed by atoms with Gasteiger partial charge in [0.2, 0.25) is 5.91 Å². The predicted octanol–water partition coefficient (Wildman–Crippen LogP) is 3.82. The molecule has 0 saturated heterocycles. The van der Waals surface area contributed by atoms with Crippen molar-refractivity contribution in [3.63, 3.8) is 0 Å². The summed E-state index contributed by atoms with van der Waals surface area (Å²) in [4.78, 5) is 13.8. The fourth-order valence-electron chi connectivity index (χ4n) is 2.41. The molecular formula is C19H22FNO2. The van der Waals surface area contributed by atoms with Gasteiger partial charge in [-0.2, -0.15) is 0 Å². The Morgan fingerprint density at radius 3 is 2.43 bits per heavy atom. The second-order valence-electron chi connectivity index (χ2n) is 5.38. The number of hydrogen-bond donors (Lipinski definition) is 0. The van der Waals surface area contributed by atoms with Gasteiger partial charge in [-0.1, -0.05) is 36.4 Å². The van der Waals surface area contributed by atoms with Crippen LogP contribution in [-0.2, 0) is 17.8 Å². The van der Waals surface area contributed by atoms with Crippen molar-refractivity contribution < 1.29 is 13.9 Å². The first-order valence-corrected chi connectivity index (χ1v) is 7.80. The number of carbonyl (C=O) groups excluding carboxylic acids is 1. The van der Waals surface area contributed by atoms with Gasteiger partial charge in [-0.15, -0.1) is 0 Å². The summed E-state index contributed by atoms with van der Waals surface area (Å²) in [5.74, 6) is 0.521. The molecule has 0 spiro atoms. The third kappa shape index (κ3) is 4.81. The minimum atomic E-state index is -0.283. The van der Waals surface area contributed by atoms with E-state index in [4.69, 9.17) is 4.74 Å². The molecule has 0 atom stereocenters. The van der Waals surface area contributed by atoms with E-state index in [-0.39, 0.29) is 18.3 Å². The minimum absolute atomic E-state index is 0.0143. The molecule has 2 rings (SSSR count). The first-order valence-electron chi connectivity index (χ1n) is 7.80. The van der Waals surface area contributed by atoms with Crippen LogP contribution in [0.15, 0.2) is 48.5 Å². The molecule has 0 unspecified atom stereocenters. The van der Waals surface area contributed by atoms with Crippen LogP contribution in [0.1, 0.15) is 24.5 Å². The standard InChI is InChI=1S/C19H22FNO2/c1-3-23-18-11-7-5-8-15(18)12-13-19(22)21(2)14-16-9-4-6-10-17(16)20/h4-11H,3,12-14H2,1-2H3. The third-order valence-electron chi connectivity index (χ3n) is 3.67. The Bertz CT molecular complexity index is 657. The van der Waals surface area contributed by atoms with Crippen molar-refractivity contribution in [1.82, 2.24) is 4.90 Å². The fourth-order valence-corrected chi connectivity index (χ4v) is 2.41. The number of benzene rings is 2. The molecule has 3 nitrogen and oxygen atoms in total. The molecule has 1 amide bonds. The molecule has 0 fully saturated rings. The van der Waals surface area contributed by atoms with Crippen LogP contribution in [0.3, 0.4) is 0 Å². The summed E-state index contributed by atoms with van der Waals surface area (Å²) in [6.45, 7) is 2.81. The molecule has 0 aliphatic heterocycles. The average Bonchev–Trinajstić information content (AvgIpc) is 2.56. The van der Waals surface area contributed by atoms with Gasteiger partial charge in [0.1, 0.15) is 11.6 Å². The summed E-state index contributed by atoms with van der Waals surface area (Å²) in [6.07, 6.45) is 0.978. The Morgan fingerprint density at radius 1 is 1.09 bits per heavy atom. The van der Waals surface area contributed by atoms with Crippen LogP contribution in [0.25, 0.3) is 0 Å². The van der Waals surface area contributed by atoms with E-state index in [1.54, 1.807) is 30.1 Å². The first-order chi connectivity index (χ1) is 11.1. The normalized spacial score (nSPS) is 10.4. The SMILES string of the molecule is CCOc1ccccc1CCC(=O)N(C)Cc1ccccc1F. The van der Waals surface area contributed by atoms with E-state index in [2.05, 4.69) is 0 Å². The summed E-state index contributed by atoms with van der Waals surface area (Å²) >= 11 is 0. The number of rotatable bonds is 7. The predicted molar refractivity (Wildman–Crippen MR) is 88.8 cm³/mol. The summed E-state index contributed by atoms with van der Waals surface area (Å²) in [5, 5.41) is 0. The van der Waals surface area contributed by atoms with Gasteiger partial charge in [-0.25, -0.2) is 4.39 Å². The average molecular weight is 315 g/mol. The van der Waals surface area contributed by atoms with Crippen molar-refractivity contribution in [2.75, 3.05) is 13.7 Å². The lowest BCUT2D eigenvalue weighted by Crippen LogP contribution is -2.26. The smallest absolute Gasteiger partial charge is 0.222 e. The van der Waals surface area contributed by atoms with Gasteiger partial charge in [0.05, 0.1) is 6.61 Å². The van der Waals surface area contributed by atoms with Crippen molar-refractivity contribution in [3.8, 4) is 5.75 Å². The van der Waals surface area contributed by atoms with Gasteiger partial charge in [0.15, 0.2) is 0 Å². The zero-order chi connectivity index (χ0) is 16.7. The van der Waals surface area contributed by atoms with E-state index in [0.717, 1.165) is 11.3 Å². The van der Waals surface area contributed by atoms with E-state index in [1.165, 1.54) is 6.07 Å². The number of ether oxygens (including phenoxy) is 1. The van der Waals surface area contributed by atoms with E-state index in [0.29, 0.717) is 25.0 Å². The molecule has 122 valence electrons. The molecule has 23 heavy (non-hydrogen) atoms. The number of hydrogen-bond acceptors (Lipinski definition) is 2. The Balaban J connectivity index is 1.93. The molecule has 0 N–H and O–H groups in total. The van der Waals surface area contributed by atoms with Crippen LogP contribution in [0.4, 0.5) is 4.39 Å². The van der Waals surface area contributed by atoms with Crippen molar-refractivity contribution in [2.45, 2.75) is 26.3 Å². The van der Waals surface area contributed by atoms with E-state index >= 15 is 0 Å². The molecule has 0 aliphatic carbocycles. The van der Waals surface area contributed by atoms with Crippen LogP contribution in [0.2, 0.25) is 0 Å². The Morgan fingerprint density at radius 2 is 1.74 bits per heavy atom. The number of carbonyl (C=O) groups is 1. The maximum Gasteiger partial charge on any atom is 0.222 e. The van der Waals surface area contributed by atoms with Crippen LogP contribution in [0.5, 0.6) is 5.75 Å². The molecule has 0 saturated carbocycles. The Labute approximate surface area is 136 Å². The molecule has 0 bridgehead atoms. The topological polar surface area (TPSA) is 29.5 Å². The molecule has 2 aromatic carbocycles. The Hall–Kier alpha value is -2.36.